The van der Waals surface area contributed by atoms with Crippen LogP contribution in [-0.2, 0) is 18.8 Å². The van der Waals surface area contributed by atoms with Crippen LogP contribution in [-0.4, -0.2) is 89.3 Å². The number of aliphatic hydroxyl groups excluding tert-OH is 1. The Kier molecular flexibility index (Phi) is 10.9. The van der Waals surface area contributed by atoms with Crippen LogP contribution in [0.25, 0.3) is 0 Å². The zero-order valence-electron chi connectivity index (χ0n) is 16.1. The number of ether oxygens (including phenoxy) is 2. The number of amides is 2. The molecule has 168 valence electrons. The van der Waals surface area contributed by atoms with Crippen molar-refractivity contribution >= 4 is 32.3 Å². The second kappa shape index (κ2) is 12.9. The van der Waals surface area contributed by atoms with Crippen molar-refractivity contribution in [2.24, 2.45) is 11.4 Å². The maximum atomic E-state index is 11.8. The Bertz CT molecular complexity index is 532. The standard InChI is InChI=1S/C16H30N3O8PS/c17-28(24)27-8-12(26-7-6-25-5-4-20)10(15(21)22)2-1-3-13-14-11(9-29-13)18-16(23)19-14/h10-14,20,24H,1-9,17H2,(H,21,22)(H2,18,19,23)/t10?,11-,12?,13-,14-,28?/m0/s1. The molecule has 2 heterocycles. The van der Waals surface area contributed by atoms with Gasteiger partial charge in [0.2, 0.25) is 8.53 Å². The summed E-state index contributed by atoms with van der Waals surface area (Å²) >= 11 is 1.78. The van der Waals surface area contributed by atoms with E-state index in [1.807, 2.05) is 0 Å². The highest BCUT2D eigenvalue weighted by atomic mass is 32.2. The van der Waals surface area contributed by atoms with Gasteiger partial charge in [0.05, 0.1) is 57.1 Å². The van der Waals surface area contributed by atoms with Crippen LogP contribution in [0.4, 0.5) is 4.79 Å². The normalized spacial score (nSPS) is 26.4. The number of aliphatic hydroxyl groups is 1. The molecule has 0 saturated carbocycles. The van der Waals surface area contributed by atoms with Crippen LogP contribution in [0.15, 0.2) is 0 Å². The number of hydrogen-bond acceptors (Lipinski definition) is 9. The minimum absolute atomic E-state index is 0.0741. The topological polar surface area (TPSA) is 173 Å². The lowest BCUT2D eigenvalue weighted by atomic mass is 9.94. The smallest absolute Gasteiger partial charge is 0.315 e. The number of thioether (sulfide) groups is 1. The van der Waals surface area contributed by atoms with E-state index in [-0.39, 0.29) is 56.4 Å². The Morgan fingerprint density at radius 3 is 2.83 bits per heavy atom. The summed E-state index contributed by atoms with van der Waals surface area (Å²) in [6, 6.07) is 0.0552. The van der Waals surface area contributed by atoms with Gasteiger partial charge in [0.1, 0.15) is 0 Å². The molecule has 3 unspecified atom stereocenters. The highest BCUT2D eigenvalue weighted by molar-refractivity contribution is 8.00. The molecule has 7 N–H and O–H groups in total. The Morgan fingerprint density at radius 1 is 1.34 bits per heavy atom. The molecule has 2 saturated heterocycles. The van der Waals surface area contributed by atoms with Gasteiger partial charge in [-0.1, -0.05) is 6.42 Å². The van der Waals surface area contributed by atoms with Gasteiger partial charge in [-0.15, -0.1) is 0 Å². The maximum Gasteiger partial charge on any atom is 0.315 e. The van der Waals surface area contributed by atoms with Gasteiger partial charge in [-0.2, -0.15) is 11.8 Å². The monoisotopic (exact) mass is 455 g/mol. The molecule has 2 fully saturated rings. The molecule has 6 atom stereocenters. The zero-order valence-corrected chi connectivity index (χ0v) is 17.8. The van der Waals surface area contributed by atoms with Gasteiger partial charge in [-0.25, -0.2) is 4.79 Å². The summed E-state index contributed by atoms with van der Waals surface area (Å²) in [5.41, 5.74) is 5.25. The minimum atomic E-state index is -2.12. The molecule has 2 amide bonds. The fraction of sp³-hybridized carbons (Fsp3) is 0.875. The number of carboxylic acids is 1. The van der Waals surface area contributed by atoms with Gasteiger partial charge in [0.15, 0.2) is 0 Å². The van der Waals surface area contributed by atoms with Gasteiger partial charge < -0.3 is 39.7 Å². The molecule has 0 aromatic rings. The van der Waals surface area contributed by atoms with Crippen LogP contribution >= 0.6 is 20.3 Å². The first-order valence-electron chi connectivity index (χ1n) is 9.50. The lowest BCUT2D eigenvalue weighted by molar-refractivity contribution is -0.150. The molecular formula is C16H30N3O8PS. The quantitative estimate of drug-likeness (QED) is 0.108. The SMILES string of the molecule is NP(O)OCC(OCCOCCO)C(CCC[C@@H]1SC[C@@H]2NC(=O)N[C@@H]21)C(=O)O. The Hall–Kier alpha value is -0.720. The number of rotatable bonds is 15. The number of urea groups is 1. The van der Waals surface area contributed by atoms with Crippen LogP contribution in [0.2, 0.25) is 0 Å². The van der Waals surface area contributed by atoms with Crippen LogP contribution < -0.4 is 16.1 Å². The van der Waals surface area contributed by atoms with Gasteiger partial charge in [-0.05, 0) is 12.8 Å². The van der Waals surface area contributed by atoms with Crippen LogP contribution in [0.5, 0.6) is 0 Å². The molecule has 0 aliphatic carbocycles. The Labute approximate surface area is 175 Å². The van der Waals surface area contributed by atoms with Gasteiger partial charge in [-0.3, -0.25) is 10.3 Å². The summed E-state index contributed by atoms with van der Waals surface area (Å²) in [5, 5.41) is 24.4. The summed E-state index contributed by atoms with van der Waals surface area (Å²) in [4.78, 5) is 32.5. The third kappa shape index (κ3) is 8.14. The molecular weight excluding hydrogens is 425 g/mol. The summed E-state index contributed by atoms with van der Waals surface area (Å²) < 4.78 is 15.8. The van der Waals surface area contributed by atoms with Crippen molar-refractivity contribution in [3.63, 3.8) is 0 Å². The molecule has 29 heavy (non-hydrogen) atoms. The molecule has 2 aliphatic rings. The first kappa shape index (κ1) is 24.5. The van der Waals surface area contributed by atoms with E-state index < -0.39 is 26.5 Å². The average molecular weight is 455 g/mol. The van der Waals surface area contributed by atoms with E-state index in [2.05, 4.69) is 10.6 Å². The third-order valence-electron chi connectivity index (χ3n) is 4.87. The van der Waals surface area contributed by atoms with Crippen molar-refractivity contribution in [2.75, 3.05) is 38.8 Å². The van der Waals surface area contributed by atoms with Crippen LogP contribution in [0.3, 0.4) is 0 Å². The molecule has 0 bridgehead atoms. The predicted octanol–water partition coefficient (Wildman–Crippen LogP) is -0.388. The number of carboxylic acid groups (broad SMARTS) is 1. The lowest BCUT2D eigenvalue weighted by Crippen LogP contribution is -2.37. The van der Waals surface area contributed by atoms with Crippen LogP contribution in [0.1, 0.15) is 19.3 Å². The van der Waals surface area contributed by atoms with Crippen molar-refractivity contribution in [1.82, 2.24) is 10.6 Å². The van der Waals surface area contributed by atoms with Crippen molar-refractivity contribution in [3.05, 3.63) is 0 Å². The molecule has 0 radical (unpaired) electrons. The number of nitrogens with one attached hydrogen (secondary N) is 2. The predicted molar refractivity (Wildman–Crippen MR) is 107 cm³/mol. The summed E-state index contributed by atoms with van der Waals surface area (Å²) in [6.07, 6.45) is 0.993. The van der Waals surface area contributed by atoms with E-state index in [1.54, 1.807) is 11.8 Å². The molecule has 0 aromatic carbocycles. The maximum absolute atomic E-state index is 11.8. The fourth-order valence-corrected chi connectivity index (χ4v) is 5.35. The van der Waals surface area contributed by atoms with E-state index in [4.69, 9.17) is 24.6 Å². The largest absolute Gasteiger partial charge is 0.481 e. The van der Waals surface area contributed by atoms with Crippen molar-refractivity contribution < 1.29 is 38.7 Å². The summed E-state index contributed by atoms with van der Waals surface area (Å²) in [6.45, 7) is 0.256. The fourth-order valence-electron chi connectivity index (χ4n) is 3.51. The summed E-state index contributed by atoms with van der Waals surface area (Å²) in [7, 11) is -2.12. The molecule has 0 aromatic heterocycles. The van der Waals surface area contributed by atoms with E-state index in [0.717, 1.165) is 12.2 Å². The van der Waals surface area contributed by atoms with Crippen molar-refractivity contribution in [2.45, 2.75) is 42.7 Å². The van der Waals surface area contributed by atoms with E-state index in [0.29, 0.717) is 12.8 Å². The first-order valence-corrected chi connectivity index (χ1v) is 11.8. The molecule has 2 aliphatic heterocycles. The number of aliphatic carboxylic acids is 1. The number of nitrogens with two attached hydrogens (primary N) is 1. The second-order valence-electron chi connectivity index (χ2n) is 6.84. The van der Waals surface area contributed by atoms with Crippen LogP contribution in [0, 0.1) is 5.92 Å². The van der Waals surface area contributed by atoms with Crippen molar-refractivity contribution in [3.8, 4) is 0 Å². The van der Waals surface area contributed by atoms with E-state index in [1.165, 1.54) is 0 Å². The number of carbonyl (C=O) groups excluding carboxylic acids is 1. The number of fused-ring (bicyclic) bond motifs is 1. The number of hydrogen-bond donors (Lipinski definition) is 6. The second-order valence-corrected chi connectivity index (χ2v) is 8.98. The van der Waals surface area contributed by atoms with Gasteiger partial charge >= 0.3 is 12.0 Å². The zero-order chi connectivity index (χ0) is 21.2. The van der Waals surface area contributed by atoms with E-state index in [9.17, 15) is 19.6 Å². The number of carbonyl (C=O) groups is 2. The molecule has 2 rings (SSSR count). The molecule has 13 heteroatoms. The van der Waals surface area contributed by atoms with Gasteiger partial charge in [0.25, 0.3) is 0 Å². The molecule has 11 nitrogen and oxygen atoms in total. The Morgan fingerprint density at radius 2 is 2.14 bits per heavy atom. The van der Waals surface area contributed by atoms with Gasteiger partial charge in [0, 0.05) is 11.0 Å². The van der Waals surface area contributed by atoms with E-state index >= 15 is 0 Å². The third-order valence-corrected chi connectivity index (χ3v) is 6.80. The minimum Gasteiger partial charge on any atom is -0.481 e. The first-order chi connectivity index (χ1) is 13.9. The Balaban J connectivity index is 1.83. The van der Waals surface area contributed by atoms with Crippen molar-refractivity contribution in [1.29, 1.82) is 0 Å². The average Bonchev–Trinajstić information content (AvgIpc) is 3.20. The molecule has 0 spiro atoms. The highest BCUT2D eigenvalue weighted by Gasteiger charge is 2.42. The highest BCUT2D eigenvalue weighted by Crippen LogP contribution is 2.34. The lowest BCUT2D eigenvalue weighted by Gasteiger charge is -2.25. The summed E-state index contributed by atoms with van der Waals surface area (Å²) in [5.74, 6) is -0.997.